The smallest absolute Gasteiger partial charge is 0.260 e. The topological polar surface area (TPSA) is 96.4 Å². The number of nitrogens with two attached hydrogens (primary N) is 2. The van der Waals surface area contributed by atoms with Crippen LogP contribution in [-0.2, 0) is 13.1 Å². The normalized spacial score (nSPS) is 13.2. The summed E-state index contributed by atoms with van der Waals surface area (Å²) in [5.74, 6) is 0.00183. The van der Waals surface area contributed by atoms with Crippen LogP contribution in [0.1, 0.15) is 60.0 Å². The van der Waals surface area contributed by atoms with E-state index in [1.54, 1.807) is 4.90 Å². The maximum atomic E-state index is 13.4. The lowest BCUT2D eigenvalue weighted by atomic mass is 10.0. The molecule has 1 unspecified atom stereocenters. The van der Waals surface area contributed by atoms with Crippen molar-refractivity contribution in [1.29, 1.82) is 0 Å². The van der Waals surface area contributed by atoms with E-state index in [2.05, 4.69) is 71.3 Å². The van der Waals surface area contributed by atoms with Gasteiger partial charge in [0.2, 0.25) is 0 Å². The van der Waals surface area contributed by atoms with Crippen molar-refractivity contribution in [2.45, 2.75) is 57.8 Å². The molecule has 0 radical (unpaired) electrons. The number of nitrogens with one attached hydrogen (secondary N) is 2. The highest BCUT2D eigenvalue weighted by molar-refractivity contribution is 6.26. The third kappa shape index (κ3) is 6.24. The maximum absolute atomic E-state index is 13.4. The Morgan fingerprint density at radius 2 is 1.44 bits per heavy atom. The molecule has 5 rings (SSSR count). The minimum absolute atomic E-state index is 0.00183. The zero-order valence-electron chi connectivity index (χ0n) is 22.5. The fourth-order valence-electron chi connectivity index (χ4n) is 5.38. The Bertz CT molecular complexity index is 1390. The van der Waals surface area contributed by atoms with E-state index < -0.39 is 0 Å². The van der Waals surface area contributed by atoms with Gasteiger partial charge in [0.05, 0.1) is 11.9 Å². The maximum Gasteiger partial charge on any atom is 0.260 e. The fraction of sp³-hybridized carbons (Fsp3) is 0.303. The van der Waals surface area contributed by atoms with E-state index in [1.165, 1.54) is 11.1 Å². The highest BCUT2D eigenvalue weighted by Crippen LogP contribution is 2.41. The molecule has 1 amide bonds. The highest BCUT2D eigenvalue weighted by atomic mass is 16.2. The van der Waals surface area contributed by atoms with Crippen LogP contribution in [0.2, 0.25) is 0 Å². The van der Waals surface area contributed by atoms with Crippen molar-refractivity contribution in [3.05, 3.63) is 102 Å². The summed E-state index contributed by atoms with van der Waals surface area (Å²) < 4.78 is 0. The van der Waals surface area contributed by atoms with Crippen molar-refractivity contribution < 1.29 is 4.79 Å². The molecule has 6 nitrogen and oxygen atoms in total. The number of carbonyl (C=O) groups excluding carboxylic acids is 1. The number of hydrogen-bond acceptors (Lipinski definition) is 5. The van der Waals surface area contributed by atoms with Gasteiger partial charge in [-0.1, -0.05) is 80.3 Å². The molecule has 0 aromatic heterocycles. The molecule has 4 aromatic carbocycles. The number of rotatable bonds is 14. The summed E-state index contributed by atoms with van der Waals surface area (Å²) in [6, 6.07) is 29.0. The number of benzene rings is 4. The van der Waals surface area contributed by atoms with Crippen LogP contribution in [0.4, 0.5) is 17.1 Å². The van der Waals surface area contributed by atoms with Crippen LogP contribution < -0.4 is 27.0 Å². The Hall–Kier alpha value is -3.87. The summed E-state index contributed by atoms with van der Waals surface area (Å²) >= 11 is 0. The number of unbranched alkanes of at least 4 members (excludes halogenated alkanes) is 4. The molecule has 1 atom stereocenters. The average Bonchev–Trinajstić information content (AvgIpc) is 3.27. The summed E-state index contributed by atoms with van der Waals surface area (Å²) in [5.41, 5.74) is 18.4. The Kier molecular flexibility index (Phi) is 8.76. The van der Waals surface area contributed by atoms with Gasteiger partial charge in [-0.25, -0.2) is 0 Å². The van der Waals surface area contributed by atoms with Crippen molar-refractivity contribution in [3.8, 4) is 0 Å². The van der Waals surface area contributed by atoms with Gasteiger partial charge in [0, 0.05) is 40.8 Å². The third-order valence-corrected chi connectivity index (χ3v) is 7.54. The zero-order chi connectivity index (χ0) is 27.0. The SMILES string of the molecule is NCCCCCCCC(N)N1C(=O)c2cccc3c(NCc4ccc(NCc5ccccc5)cc4)ccc1c23. The van der Waals surface area contributed by atoms with E-state index in [4.69, 9.17) is 11.5 Å². The van der Waals surface area contributed by atoms with Gasteiger partial charge in [-0.15, -0.1) is 0 Å². The van der Waals surface area contributed by atoms with Crippen LogP contribution in [-0.4, -0.2) is 18.6 Å². The predicted octanol–water partition coefficient (Wildman–Crippen LogP) is 6.61. The van der Waals surface area contributed by atoms with Gasteiger partial charge in [0.1, 0.15) is 0 Å². The molecular formula is C33H39N5O. The average molecular weight is 522 g/mol. The van der Waals surface area contributed by atoms with E-state index in [-0.39, 0.29) is 12.1 Å². The molecular weight excluding hydrogens is 482 g/mol. The minimum Gasteiger partial charge on any atom is -0.381 e. The van der Waals surface area contributed by atoms with Crippen LogP contribution in [0.3, 0.4) is 0 Å². The van der Waals surface area contributed by atoms with E-state index >= 15 is 0 Å². The second-order valence-electron chi connectivity index (χ2n) is 10.3. The van der Waals surface area contributed by atoms with Crippen molar-refractivity contribution in [3.63, 3.8) is 0 Å². The quantitative estimate of drug-likeness (QED) is 0.140. The lowest BCUT2D eigenvalue weighted by molar-refractivity contribution is 0.0982. The van der Waals surface area contributed by atoms with Gasteiger partial charge in [-0.05, 0) is 60.8 Å². The van der Waals surface area contributed by atoms with Crippen molar-refractivity contribution in [2.24, 2.45) is 11.5 Å². The molecule has 0 saturated heterocycles. The van der Waals surface area contributed by atoms with E-state index in [0.717, 1.165) is 85.0 Å². The van der Waals surface area contributed by atoms with Gasteiger partial charge in [0.15, 0.2) is 0 Å². The number of anilines is 3. The lowest BCUT2D eigenvalue weighted by Gasteiger charge is -2.25. The van der Waals surface area contributed by atoms with Crippen LogP contribution in [0, 0.1) is 0 Å². The number of hydrogen-bond donors (Lipinski definition) is 4. The van der Waals surface area contributed by atoms with Gasteiger partial charge >= 0.3 is 0 Å². The van der Waals surface area contributed by atoms with Gasteiger partial charge in [0.25, 0.3) is 5.91 Å². The standard InChI is InChI=1S/C33H39N5O/c34-21-8-3-1-2-7-14-31(35)38-30-20-19-29(27-12-9-13-28(32(27)30)33(38)39)37-23-25-15-17-26(18-16-25)36-22-24-10-5-4-6-11-24/h4-6,9-13,15-20,31,36-37H,1-3,7-8,14,21-23,34-35H2. The van der Waals surface area contributed by atoms with Crippen molar-refractivity contribution in [2.75, 3.05) is 22.1 Å². The molecule has 6 heteroatoms. The zero-order valence-corrected chi connectivity index (χ0v) is 22.5. The van der Waals surface area contributed by atoms with Crippen molar-refractivity contribution in [1.82, 2.24) is 0 Å². The Morgan fingerprint density at radius 3 is 2.23 bits per heavy atom. The monoisotopic (exact) mass is 521 g/mol. The Balaban J connectivity index is 1.23. The number of amides is 1. The fourth-order valence-corrected chi connectivity index (χ4v) is 5.38. The lowest BCUT2D eigenvalue weighted by Crippen LogP contribution is -2.44. The van der Waals surface area contributed by atoms with Crippen LogP contribution >= 0.6 is 0 Å². The predicted molar refractivity (Wildman–Crippen MR) is 163 cm³/mol. The molecule has 1 aliphatic heterocycles. The summed E-state index contributed by atoms with van der Waals surface area (Å²) in [7, 11) is 0. The van der Waals surface area contributed by atoms with E-state index in [1.807, 2.05) is 24.3 Å². The first-order chi connectivity index (χ1) is 19.2. The molecule has 0 fully saturated rings. The largest absolute Gasteiger partial charge is 0.381 e. The molecule has 6 N–H and O–H groups in total. The van der Waals surface area contributed by atoms with E-state index in [0.29, 0.717) is 6.54 Å². The molecule has 0 saturated carbocycles. The first kappa shape index (κ1) is 26.7. The molecule has 1 heterocycles. The Morgan fingerprint density at radius 1 is 0.718 bits per heavy atom. The second-order valence-corrected chi connectivity index (χ2v) is 10.3. The number of nitrogens with zero attached hydrogens (tertiary/aromatic N) is 1. The van der Waals surface area contributed by atoms with Crippen molar-refractivity contribution >= 4 is 33.7 Å². The summed E-state index contributed by atoms with van der Waals surface area (Å²) in [6.45, 7) is 2.24. The molecule has 0 bridgehead atoms. The highest BCUT2D eigenvalue weighted by Gasteiger charge is 2.33. The molecule has 0 aliphatic carbocycles. The van der Waals surface area contributed by atoms with E-state index in [9.17, 15) is 4.79 Å². The Labute approximate surface area is 231 Å². The second kappa shape index (κ2) is 12.8. The summed E-state index contributed by atoms with van der Waals surface area (Å²) in [5, 5.41) is 9.11. The third-order valence-electron chi connectivity index (χ3n) is 7.54. The van der Waals surface area contributed by atoms with Crippen LogP contribution in [0.25, 0.3) is 10.8 Å². The van der Waals surface area contributed by atoms with Gasteiger partial charge in [-0.3, -0.25) is 9.69 Å². The number of carbonyl (C=O) groups is 1. The van der Waals surface area contributed by atoms with Gasteiger partial charge < -0.3 is 22.1 Å². The van der Waals surface area contributed by atoms with Crippen LogP contribution in [0.15, 0.2) is 84.9 Å². The molecule has 202 valence electrons. The molecule has 1 aliphatic rings. The van der Waals surface area contributed by atoms with Gasteiger partial charge in [-0.2, -0.15) is 0 Å². The van der Waals surface area contributed by atoms with Crippen LogP contribution in [0.5, 0.6) is 0 Å². The summed E-state index contributed by atoms with van der Waals surface area (Å²) in [4.78, 5) is 15.2. The molecule has 4 aromatic rings. The minimum atomic E-state index is -0.324. The molecule has 0 spiro atoms. The molecule has 39 heavy (non-hydrogen) atoms. The first-order valence-electron chi connectivity index (χ1n) is 14.1. The first-order valence-corrected chi connectivity index (χ1v) is 14.1. The summed E-state index contributed by atoms with van der Waals surface area (Å²) in [6.07, 6.45) is 5.98.